The number of rotatable bonds is 5. The summed E-state index contributed by atoms with van der Waals surface area (Å²) in [5.41, 5.74) is 4.49. The smallest absolute Gasteiger partial charge is 0.293 e. The quantitative estimate of drug-likeness (QED) is 0.407. The zero-order valence-electron chi connectivity index (χ0n) is 21.9. The second-order valence-corrected chi connectivity index (χ2v) is 10.8. The van der Waals surface area contributed by atoms with E-state index in [0.717, 1.165) is 19.2 Å². The van der Waals surface area contributed by atoms with Crippen LogP contribution in [0.5, 0.6) is 0 Å². The molecule has 0 aromatic carbocycles. The summed E-state index contributed by atoms with van der Waals surface area (Å²) < 4.78 is 8.49. The van der Waals surface area contributed by atoms with Gasteiger partial charge in [-0.05, 0) is 47.6 Å². The van der Waals surface area contributed by atoms with Crippen LogP contribution in [0.2, 0.25) is 0 Å². The molecule has 200 valence electrons. The van der Waals surface area contributed by atoms with Crippen LogP contribution in [0.25, 0.3) is 11.1 Å². The number of aliphatic hydroxyl groups is 1. The maximum absolute atomic E-state index is 13.7. The highest BCUT2D eigenvalue weighted by atomic mass is 16.3. The van der Waals surface area contributed by atoms with E-state index in [-0.39, 0.29) is 29.4 Å². The maximum Gasteiger partial charge on any atom is 0.293 e. The fraction of sp³-hybridized carbons (Fsp3) is 0.321. The standard InChI is InChI=1S/C28H28N6O5/c1-28(2)10-16-9-21-27(38)34(7-6-33(21)22(16)11-28)24-19(14-35)18(4-5-30-24)17-8-20(26(37)32(3)13-17)31-25(36)23-12-29-15-39-23/h4-5,8-9,12-13,15,35H,6-7,10-11,14H2,1-3H3,(H,31,36). The number of anilines is 2. The lowest BCUT2D eigenvalue weighted by Gasteiger charge is -2.31. The minimum absolute atomic E-state index is 0.0305. The predicted molar refractivity (Wildman–Crippen MR) is 143 cm³/mol. The normalized spacial score (nSPS) is 15.8. The van der Waals surface area contributed by atoms with E-state index in [1.807, 2.05) is 6.07 Å². The molecule has 4 aromatic heterocycles. The van der Waals surface area contributed by atoms with E-state index in [2.05, 4.69) is 33.7 Å². The molecule has 39 heavy (non-hydrogen) atoms. The first kappa shape index (κ1) is 24.8. The number of fused-ring (bicyclic) bond motifs is 3. The topological polar surface area (TPSA) is 135 Å². The molecule has 0 bridgehead atoms. The maximum atomic E-state index is 13.7. The molecule has 5 heterocycles. The van der Waals surface area contributed by atoms with E-state index in [0.29, 0.717) is 41.3 Å². The fourth-order valence-corrected chi connectivity index (χ4v) is 5.71. The van der Waals surface area contributed by atoms with Crippen LogP contribution < -0.4 is 15.8 Å². The zero-order chi connectivity index (χ0) is 27.5. The Morgan fingerprint density at radius 2 is 2.03 bits per heavy atom. The Morgan fingerprint density at radius 1 is 1.21 bits per heavy atom. The van der Waals surface area contributed by atoms with Crippen LogP contribution in [0, 0.1) is 5.41 Å². The second kappa shape index (κ2) is 9.05. The first-order chi connectivity index (χ1) is 18.7. The van der Waals surface area contributed by atoms with E-state index in [4.69, 9.17) is 4.42 Å². The van der Waals surface area contributed by atoms with E-state index in [1.165, 1.54) is 28.1 Å². The molecule has 2 N–H and O–H groups in total. The summed E-state index contributed by atoms with van der Waals surface area (Å²) in [5, 5.41) is 13.0. The molecule has 0 saturated carbocycles. The predicted octanol–water partition coefficient (Wildman–Crippen LogP) is 2.77. The van der Waals surface area contributed by atoms with Crippen molar-refractivity contribution in [2.75, 3.05) is 16.8 Å². The van der Waals surface area contributed by atoms with Gasteiger partial charge in [0.15, 0.2) is 6.39 Å². The summed E-state index contributed by atoms with van der Waals surface area (Å²) in [6, 6.07) is 5.24. The number of aliphatic hydroxyl groups excluding tert-OH is 1. The molecule has 1 aliphatic carbocycles. The van der Waals surface area contributed by atoms with E-state index >= 15 is 0 Å². The van der Waals surface area contributed by atoms with Gasteiger partial charge in [0.25, 0.3) is 17.4 Å². The first-order valence-corrected chi connectivity index (χ1v) is 12.7. The summed E-state index contributed by atoms with van der Waals surface area (Å²) in [6.45, 7) is 5.16. The SMILES string of the molecule is Cn1cc(-c2ccnc(N3CCn4c(cc5c4CC(C)(C)C5)C3=O)c2CO)cc(NC(=O)c2cnco2)c1=O. The lowest BCUT2D eigenvalue weighted by atomic mass is 9.90. The molecule has 0 fully saturated rings. The minimum Gasteiger partial charge on any atom is -0.438 e. The minimum atomic E-state index is -0.614. The Morgan fingerprint density at radius 3 is 2.77 bits per heavy atom. The third-order valence-corrected chi connectivity index (χ3v) is 7.47. The van der Waals surface area contributed by atoms with Gasteiger partial charge in [-0.1, -0.05) is 13.8 Å². The molecular weight excluding hydrogens is 500 g/mol. The van der Waals surface area contributed by atoms with Crippen LogP contribution in [0.1, 0.15) is 51.7 Å². The van der Waals surface area contributed by atoms with Crippen molar-refractivity contribution in [1.82, 2.24) is 19.1 Å². The highest BCUT2D eigenvalue weighted by Gasteiger charge is 2.37. The molecule has 2 amide bonds. The van der Waals surface area contributed by atoms with Crippen molar-refractivity contribution in [2.24, 2.45) is 12.5 Å². The van der Waals surface area contributed by atoms with Gasteiger partial charge < -0.3 is 24.0 Å². The lowest BCUT2D eigenvalue weighted by Crippen LogP contribution is -2.41. The molecule has 11 nitrogen and oxygen atoms in total. The van der Waals surface area contributed by atoms with Crippen LogP contribution >= 0.6 is 0 Å². The van der Waals surface area contributed by atoms with Crippen molar-refractivity contribution < 1.29 is 19.1 Å². The van der Waals surface area contributed by atoms with E-state index in [1.54, 1.807) is 30.4 Å². The molecule has 0 unspecified atom stereocenters. The van der Waals surface area contributed by atoms with Crippen molar-refractivity contribution in [1.29, 1.82) is 0 Å². The first-order valence-electron chi connectivity index (χ1n) is 12.7. The molecule has 1 aliphatic heterocycles. The van der Waals surface area contributed by atoms with E-state index in [9.17, 15) is 19.5 Å². The summed E-state index contributed by atoms with van der Waals surface area (Å²) in [4.78, 5) is 48.8. The number of amides is 2. The number of carbonyl (C=O) groups is 2. The molecule has 2 aliphatic rings. The third kappa shape index (κ3) is 4.15. The average Bonchev–Trinajstić information content (AvgIpc) is 3.62. The highest BCUT2D eigenvalue weighted by Crippen LogP contribution is 2.40. The van der Waals surface area contributed by atoms with Crippen molar-refractivity contribution >= 4 is 23.3 Å². The number of hydrogen-bond acceptors (Lipinski definition) is 7. The number of nitrogens with one attached hydrogen (secondary N) is 1. The molecule has 6 rings (SSSR count). The van der Waals surface area contributed by atoms with Gasteiger partial charge in [0.1, 0.15) is 17.2 Å². The molecule has 4 aromatic rings. The number of oxazole rings is 1. The Hall–Kier alpha value is -4.51. The summed E-state index contributed by atoms with van der Waals surface area (Å²) in [7, 11) is 1.57. The van der Waals surface area contributed by atoms with Crippen molar-refractivity contribution in [2.45, 2.75) is 39.8 Å². The van der Waals surface area contributed by atoms with Gasteiger partial charge in [-0.25, -0.2) is 9.97 Å². The Balaban J connectivity index is 1.37. The number of pyridine rings is 2. The number of aromatic nitrogens is 4. The van der Waals surface area contributed by atoms with Gasteiger partial charge in [0.2, 0.25) is 5.76 Å². The number of aryl methyl sites for hydroxylation is 1. The number of carbonyl (C=O) groups excluding carboxylic acids is 2. The zero-order valence-corrected chi connectivity index (χ0v) is 21.9. The van der Waals surface area contributed by atoms with Crippen LogP contribution in [-0.4, -0.2) is 42.6 Å². The Labute approximate surface area is 223 Å². The monoisotopic (exact) mass is 528 g/mol. The van der Waals surface area contributed by atoms with Crippen LogP contribution in [0.3, 0.4) is 0 Å². The third-order valence-electron chi connectivity index (χ3n) is 7.47. The van der Waals surface area contributed by atoms with Crippen LogP contribution in [-0.2, 0) is 33.0 Å². The molecule has 0 spiro atoms. The van der Waals surface area contributed by atoms with Gasteiger partial charge in [0, 0.05) is 49.4 Å². The Kier molecular flexibility index (Phi) is 5.76. The van der Waals surface area contributed by atoms with Crippen LogP contribution in [0.15, 0.2) is 52.4 Å². The molecule has 11 heteroatoms. The summed E-state index contributed by atoms with van der Waals surface area (Å²) >= 11 is 0. The van der Waals surface area contributed by atoms with Gasteiger partial charge >= 0.3 is 0 Å². The van der Waals surface area contributed by atoms with Crippen molar-refractivity contribution in [3.63, 3.8) is 0 Å². The Bertz CT molecular complexity index is 1680. The fourth-order valence-electron chi connectivity index (χ4n) is 5.71. The molecule has 0 atom stereocenters. The van der Waals surface area contributed by atoms with Crippen molar-refractivity contribution in [3.8, 4) is 11.1 Å². The second-order valence-electron chi connectivity index (χ2n) is 10.8. The number of nitrogens with zero attached hydrogens (tertiary/aromatic N) is 5. The summed E-state index contributed by atoms with van der Waals surface area (Å²) in [6.07, 6.45) is 7.44. The largest absolute Gasteiger partial charge is 0.438 e. The lowest BCUT2D eigenvalue weighted by molar-refractivity contribution is 0.0961. The number of hydrogen-bond donors (Lipinski definition) is 2. The molecule has 0 saturated heterocycles. The van der Waals surface area contributed by atoms with Gasteiger partial charge in [-0.2, -0.15) is 0 Å². The van der Waals surface area contributed by atoms with Gasteiger partial charge in [-0.15, -0.1) is 0 Å². The van der Waals surface area contributed by atoms with Gasteiger partial charge in [0.05, 0.1) is 12.8 Å². The summed E-state index contributed by atoms with van der Waals surface area (Å²) in [5.74, 6) is -0.438. The van der Waals surface area contributed by atoms with Gasteiger partial charge in [-0.3, -0.25) is 19.3 Å². The molecule has 0 radical (unpaired) electrons. The molecular formula is C28H28N6O5. The van der Waals surface area contributed by atoms with E-state index < -0.39 is 11.5 Å². The average molecular weight is 529 g/mol. The van der Waals surface area contributed by atoms with Crippen LogP contribution in [0.4, 0.5) is 11.5 Å². The highest BCUT2D eigenvalue weighted by molar-refractivity contribution is 6.06. The van der Waals surface area contributed by atoms with Crippen molar-refractivity contribution in [3.05, 3.63) is 81.8 Å².